The third-order valence-electron chi connectivity index (χ3n) is 4.87. The molecule has 6 nitrogen and oxygen atoms in total. The Labute approximate surface area is 147 Å². The summed E-state index contributed by atoms with van der Waals surface area (Å²) in [6, 6.07) is 8.36. The average Bonchev–Trinajstić information content (AvgIpc) is 3.09. The Morgan fingerprint density at radius 3 is 2.68 bits per heavy atom. The number of nitrogens with one attached hydrogen (secondary N) is 3. The summed E-state index contributed by atoms with van der Waals surface area (Å²) in [7, 11) is 0. The Hall–Kier alpha value is -2.34. The zero-order valence-corrected chi connectivity index (χ0v) is 14.3. The molecule has 0 bridgehead atoms. The van der Waals surface area contributed by atoms with Crippen LogP contribution < -0.4 is 10.6 Å². The number of aliphatic hydroxyl groups is 1. The van der Waals surface area contributed by atoms with Crippen LogP contribution in [0.3, 0.4) is 0 Å². The lowest BCUT2D eigenvalue weighted by molar-refractivity contribution is -0.124. The minimum atomic E-state index is -0.942. The standard InChI is InChI=1S/C19H25N3O3/c23-12-17(18(24)20-11-13-6-2-1-3-7-13)22-19(25)16-10-14-8-4-5-9-15(14)21-16/h4-5,8-10,13,17,21,23H,1-3,6-7,11-12H2,(H,20,24)(H,22,25)/t17-/m0/s1. The molecule has 134 valence electrons. The van der Waals surface area contributed by atoms with Gasteiger partial charge in [0.25, 0.3) is 5.91 Å². The molecule has 6 heteroatoms. The van der Waals surface area contributed by atoms with Crippen molar-refractivity contribution >= 4 is 22.7 Å². The van der Waals surface area contributed by atoms with E-state index in [1.54, 1.807) is 6.07 Å². The second-order valence-corrected chi connectivity index (χ2v) is 6.73. The first-order chi connectivity index (χ1) is 12.2. The van der Waals surface area contributed by atoms with Crippen molar-refractivity contribution in [3.05, 3.63) is 36.0 Å². The molecule has 4 N–H and O–H groups in total. The molecule has 0 aliphatic heterocycles. The van der Waals surface area contributed by atoms with Crippen LogP contribution in [-0.4, -0.2) is 41.1 Å². The summed E-state index contributed by atoms with van der Waals surface area (Å²) in [4.78, 5) is 27.6. The quantitative estimate of drug-likeness (QED) is 0.646. The molecule has 25 heavy (non-hydrogen) atoms. The number of hydrogen-bond acceptors (Lipinski definition) is 3. The molecule has 1 aromatic heterocycles. The first-order valence-corrected chi connectivity index (χ1v) is 8.94. The van der Waals surface area contributed by atoms with E-state index in [0.717, 1.165) is 23.7 Å². The van der Waals surface area contributed by atoms with E-state index < -0.39 is 18.6 Å². The first kappa shape index (κ1) is 17.5. The van der Waals surface area contributed by atoms with Gasteiger partial charge in [0.15, 0.2) is 0 Å². The molecule has 2 aromatic rings. The van der Waals surface area contributed by atoms with E-state index in [1.807, 2.05) is 24.3 Å². The molecule has 0 radical (unpaired) electrons. The Morgan fingerprint density at radius 1 is 1.20 bits per heavy atom. The van der Waals surface area contributed by atoms with Gasteiger partial charge < -0.3 is 20.7 Å². The van der Waals surface area contributed by atoms with Crippen LogP contribution >= 0.6 is 0 Å². The van der Waals surface area contributed by atoms with E-state index in [0.29, 0.717) is 18.2 Å². The predicted molar refractivity (Wildman–Crippen MR) is 96.2 cm³/mol. The highest BCUT2D eigenvalue weighted by Crippen LogP contribution is 2.22. The normalized spacial score (nSPS) is 16.5. The van der Waals surface area contributed by atoms with Crippen LogP contribution in [0.15, 0.2) is 30.3 Å². The first-order valence-electron chi connectivity index (χ1n) is 8.94. The van der Waals surface area contributed by atoms with Gasteiger partial charge in [-0.3, -0.25) is 9.59 Å². The Kier molecular flexibility index (Phi) is 5.71. The van der Waals surface area contributed by atoms with Crippen molar-refractivity contribution in [1.82, 2.24) is 15.6 Å². The fourth-order valence-electron chi connectivity index (χ4n) is 3.39. The second-order valence-electron chi connectivity index (χ2n) is 6.73. The van der Waals surface area contributed by atoms with Crippen molar-refractivity contribution < 1.29 is 14.7 Å². The summed E-state index contributed by atoms with van der Waals surface area (Å²) >= 11 is 0. The van der Waals surface area contributed by atoms with Gasteiger partial charge in [-0.25, -0.2) is 0 Å². The average molecular weight is 343 g/mol. The highest BCUT2D eigenvalue weighted by molar-refractivity contribution is 6.00. The molecule has 1 saturated carbocycles. The smallest absolute Gasteiger partial charge is 0.268 e. The van der Waals surface area contributed by atoms with E-state index in [2.05, 4.69) is 15.6 Å². The molecule has 3 rings (SSSR count). The molecule has 0 spiro atoms. The Morgan fingerprint density at radius 2 is 1.96 bits per heavy atom. The topological polar surface area (TPSA) is 94.2 Å². The summed E-state index contributed by atoms with van der Waals surface area (Å²) in [5.74, 6) is -0.234. The number of fused-ring (bicyclic) bond motifs is 1. The van der Waals surface area contributed by atoms with Crippen LogP contribution in [-0.2, 0) is 4.79 Å². The number of aromatic nitrogens is 1. The minimum absolute atomic E-state index is 0.336. The molecular weight excluding hydrogens is 318 g/mol. The van der Waals surface area contributed by atoms with Crippen LogP contribution in [0.5, 0.6) is 0 Å². The van der Waals surface area contributed by atoms with Gasteiger partial charge in [-0.05, 0) is 30.9 Å². The van der Waals surface area contributed by atoms with Gasteiger partial charge in [0, 0.05) is 17.4 Å². The van der Waals surface area contributed by atoms with Gasteiger partial charge in [0.05, 0.1) is 6.61 Å². The van der Waals surface area contributed by atoms with Crippen molar-refractivity contribution in [3.8, 4) is 0 Å². The molecule has 0 unspecified atom stereocenters. The number of carbonyl (C=O) groups excluding carboxylic acids is 2. The van der Waals surface area contributed by atoms with E-state index in [1.165, 1.54) is 19.3 Å². The minimum Gasteiger partial charge on any atom is -0.394 e. The number of rotatable bonds is 6. The fraction of sp³-hybridized carbons (Fsp3) is 0.474. The summed E-state index contributed by atoms with van der Waals surface area (Å²) in [5, 5.41) is 15.9. The maximum atomic E-state index is 12.4. The summed E-state index contributed by atoms with van der Waals surface area (Å²) in [6.07, 6.45) is 5.95. The van der Waals surface area contributed by atoms with Crippen LogP contribution in [0.1, 0.15) is 42.6 Å². The third kappa shape index (κ3) is 4.39. The SMILES string of the molecule is O=C(N[C@@H](CO)C(=O)NCC1CCCCC1)c1cc2ccccc2[nH]1. The second kappa shape index (κ2) is 8.16. The zero-order chi connectivity index (χ0) is 17.6. The van der Waals surface area contributed by atoms with Gasteiger partial charge in [0.2, 0.25) is 5.91 Å². The van der Waals surface area contributed by atoms with Crippen LogP contribution in [0.25, 0.3) is 10.9 Å². The Balaban J connectivity index is 1.56. The number of benzene rings is 1. The van der Waals surface area contributed by atoms with E-state index in [-0.39, 0.29) is 5.91 Å². The van der Waals surface area contributed by atoms with Crippen molar-refractivity contribution in [1.29, 1.82) is 0 Å². The van der Waals surface area contributed by atoms with Crippen LogP contribution in [0.2, 0.25) is 0 Å². The number of H-pyrrole nitrogens is 1. The molecule has 1 aliphatic carbocycles. The van der Waals surface area contributed by atoms with Crippen molar-refractivity contribution in [2.45, 2.75) is 38.1 Å². The molecule has 1 aliphatic rings. The van der Waals surface area contributed by atoms with Crippen molar-refractivity contribution in [3.63, 3.8) is 0 Å². The van der Waals surface area contributed by atoms with Gasteiger partial charge in [-0.1, -0.05) is 37.5 Å². The van der Waals surface area contributed by atoms with E-state index in [4.69, 9.17) is 0 Å². The van der Waals surface area contributed by atoms with Gasteiger partial charge in [-0.15, -0.1) is 0 Å². The zero-order valence-electron chi connectivity index (χ0n) is 14.3. The number of amides is 2. The van der Waals surface area contributed by atoms with E-state index >= 15 is 0 Å². The maximum absolute atomic E-state index is 12.4. The molecular formula is C19H25N3O3. The number of carbonyl (C=O) groups is 2. The number of aliphatic hydroxyl groups excluding tert-OH is 1. The Bertz CT molecular complexity index is 701. The number of hydrogen-bond donors (Lipinski definition) is 4. The lowest BCUT2D eigenvalue weighted by Gasteiger charge is -2.23. The number of para-hydroxylation sites is 1. The largest absolute Gasteiger partial charge is 0.394 e. The third-order valence-corrected chi connectivity index (χ3v) is 4.87. The maximum Gasteiger partial charge on any atom is 0.268 e. The van der Waals surface area contributed by atoms with Crippen LogP contribution in [0, 0.1) is 5.92 Å². The molecule has 1 atom stereocenters. The lowest BCUT2D eigenvalue weighted by atomic mass is 9.89. The van der Waals surface area contributed by atoms with Crippen molar-refractivity contribution in [2.75, 3.05) is 13.2 Å². The number of aromatic amines is 1. The van der Waals surface area contributed by atoms with Gasteiger partial charge >= 0.3 is 0 Å². The molecule has 1 fully saturated rings. The molecule has 0 saturated heterocycles. The lowest BCUT2D eigenvalue weighted by Crippen LogP contribution is -2.49. The summed E-state index contributed by atoms with van der Waals surface area (Å²) < 4.78 is 0. The fourth-order valence-corrected chi connectivity index (χ4v) is 3.39. The summed E-state index contributed by atoms with van der Waals surface area (Å²) in [6.45, 7) is 0.181. The molecule has 2 amide bonds. The van der Waals surface area contributed by atoms with E-state index in [9.17, 15) is 14.7 Å². The highest BCUT2D eigenvalue weighted by Gasteiger charge is 2.22. The van der Waals surface area contributed by atoms with Crippen LogP contribution in [0.4, 0.5) is 0 Å². The predicted octanol–water partition coefficient (Wildman–Crippen LogP) is 1.96. The molecule has 1 aromatic carbocycles. The monoisotopic (exact) mass is 343 g/mol. The van der Waals surface area contributed by atoms with Gasteiger partial charge in [0.1, 0.15) is 11.7 Å². The summed E-state index contributed by atoms with van der Waals surface area (Å²) in [5.41, 5.74) is 1.23. The van der Waals surface area contributed by atoms with Crippen molar-refractivity contribution in [2.24, 2.45) is 5.92 Å². The molecule has 1 heterocycles. The van der Waals surface area contributed by atoms with Gasteiger partial charge in [-0.2, -0.15) is 0 Å². The highest BCUT2D eigenvalue weighted by atomic mass is 16.3.